The van der Waals surface area contributed by atoms with Crippen LogP contribution in [0.3, 0.4) is 0 Å². The molecule has 0 bridgehead atoms. The van der Waals surface area contributed by atoms with Crippen molar-refractivity contribution in [3.8, 4) is 0 Å². The summed E-state index contributed by atoms with van der Waals surface area (Å²) in [6.07, 6.45) is 5.81. The van der Waals surface area contributed by atoms with Gasteiger partial charge in [0.05, 0.1) is 18.1 Å². The van der Waals surface area contributed by atoms with Crippen molar-refractivity contribution in [1.82, 2.24) is 10.2 Å². The summed E-state index contributed by atoms with van der Waals surface area (Å²) in [5.41, 5.74) is 7.01. The van der Waals surface area contributed by atoms with Crippen molar-refractivity contribution in [3.63, 3.8) is 0 Å². The minimum atomic E-state index is 0.307. The van der Waals surface area contributed by atoms with E-state index in [1.807, 2.05) is 6.07 Å². The van der Waals surface area contributed by atoms with E-state index in [4.69, 9.17) is 5.73 Å². The van der Waals surface area contributed by atoms with Crippen LogP contribution in [-0.4, -0.2) is 29.3 Å². The molecule has 0 radical (unpaired) electrons. The molecule has 1 aliphatic rings. The van der Waals surface area contributed by atoms with E-state index in [0.29, 0.717) is 6.04 Å². The number of hydrogen-bond donors (Lipinski definition) is 1. The Kier molecular flexibility index (Phi) is 2.40. The van der Waals surface area contributed by atoms with Crippen molar-refractivity contribution in [3.05, 3.63) is 18.5 Å². The molecule has 0 aliphatic carbocycles. The second kappa shape index (κ2) is 3.70. The molecule has 4 heteroatoms. The maximum absolute atomic E-state index is 5.88. The van der Waals surface area contributed by atoms with E-state index < -0.39 is 0 Å². The van der Waals surface area contributed by atoms with Crippen LogP contribution in [0.25, 0.3) is 0 Å². The average Bonchev–Trinajstić information content (AvgIpc) is 2.19. The first-order valence-electron chi connectivity index (χ1n) is 4.63. The summed E-state index contributed by atoms with van der Waals surface area (Å²) >= 11 is 0. The topological polar surface area (TPSA) is 55.0 Å². The molecule has 2 rings (SSSR count). The zero-order valence-electron chi connectivity index (χ0n) is 7.56. The van der Waals surface area contributed by atoms with Crippen LogP contribution in [0.5, 0.6) is 0 Å². The van der Waals surface area contributed by atoms with Crippen LogP contribution in [0.15, 0.2) is 18.5 Å². The Bertz CT molecular complexity index is 262. The number of rotatable bonds is 1. The van der Waals surface area contributed by atoms with Gasteiger partial charge in [-0.3, -0.25) is 0 Å². The number of anilines is 1. The first-order valence-corrected chi connectivity index (χ1v) is 4.63. The van der Waals surface area contributed by atoms with E-state index in [1.165, 1.54) is 6.42 Å². The fourth-order valence-corrected chi connectivity index (χ4v) is 1.72. The fraction of sp³-hybridized carbons (Fsp3) is 0.556. The van der Waals surface area contributed by atoms with E-state index in [0.717, 1.165) is 25.2 Å². The van der Waals surface area contributed by atoms with Gasteiger partial charge in [-0.1, -0.05) is 0 Å². The van der Waals surface area contributed by atoms with Crippen LogP contribution in [0.4, 0.5) is 5.69 Å². The molecule has 2 N–H and O–H groups in total. The third-order valence-electron chi connectivity index (χ3n) is 2.39. The number of hydrogen-bond acceptors (Lipinski definition) is 4. The first-order chi connectivity index (χ1) is 6.36. The summed E-state index contributed by atoms with van der Waals surface area (Å²) in [7, 11) is 0. The molecule has 0 spiro atoms. The molecule has 1 aromatic heterocycles. The molecule has 1 aliphatic heterocycles. The highest BCUT2D eigenvalue weighted by atomic mass is 15.2. The van der Waals surface area contributed by atoms with E-state index in [1.54, 1.807) is 12.4 Å². The summed E-state index contributed by atoms with van der Waals surface area (Å²) in [6, 6.07) is 2.28. The third-order valence-corrected chi connectivity index (χ3v) is 2.39. The van der Waals surface area contributed by atoms with Crippen LogP contribution < -0.4 is 10.6 Å². The van der Waals surface area contributed by atoms with Gasteiger partial charge in [-0.2, -0.15) is 10.2 Å². The lowest BCUT2D eigenvalue weighted by Gasteiger charge is -2.32. The fourth-order valence-electron chi connectivity index (χ4n) is 1.72. The molecule has 0 amide bonds. The van der Waals surface area contributed by atoms with Crippen LogP contribution in [0.1, 0.15) is 12.8 Å². The quantitative estimate of drug-likeness (QED) is 0.676. The van der Waals surface area contributed by atoms with Crippen molar-refractivity contribution in [2.24, 2.45) is 5.73 Å². The van der Waals surface area contributed by atoms with Gasteiger partial charge in [-0.15, -0.1) is 0 Å². The Labute approximate surface area is 77.8 Å². The summed E-state index contributed by atoms with van der Waals surface area (Å²) in [4.78, 5) is 2.27. The Hall–Kier alpha value is -1.16. The van der Waals surface area contributed by atoms with E-state index in [-0.39, 0.29) is 0 Å². The molecule has 2 heterocycles. The Morgan fingerprint density at radius 3 is 3.08 bits per heavy atom. The molecule has 1 fully saturated rings. The lowest BCUT2D eigenvalue weighted by Crippen LogP contribution is -2.42. The summed E-state index contributed by atoms with van der Waals surface area (Å²) in [5, 5.41) is 7.60. The molecule has 4 nitrogen and oxygen atoms in total. The molecule has 0 aromatic carbocycles. The zero-order valence-corrected chi connectivity index (χ0v) is 7.56. The van der Waals surface area contributed by atoms with Crippen LogP contribution in [0.2, 0.25) is 0 Å². The van der Waals surface area contributed by atoms with Crippen LogP contribution in [0, 0.1) is 0 Å². The lowest BCUT2D eigenvalue weighted by molar-refractivity contribution is 0.505. The summed E-state index contributed by atoms with van der Waals surface area (Å²) in [6.45, 7) is 2.02. The van der Waals surface area contributed by atoms with Crippen molar-refractivity contribution in [1.29, 1.82) is 0 Å². The average molecular weight is 178 g/mol. The number of aromatic nitrogens is 2. The monoisotopic (exact) mass is 178 g/mol. The predicted molar refractivity (Wildman–Crippen MR) is 51.5 cm³/mol. The van der Waals surface area contributed by atoms with E-state index in [2.05, 4.69) is 15.1 Å². The van der Waals surface area contributed by atoms with Crippen molar-refractivity contribution in [2.45, 2.75) is 18.9 Å². The van der Waals surface area contributed by atoms with Gasteiger partial charge in [0.15, 0.2) is 0 Å². The Morgan fingerprint density at radius 1 is 1.46 bits per heavy atom. The Morgan fingerprint density at radius 2 is 2.38 bits per heavy atom. The molecule has 70 valence electrons. The van der Waals surface area contributed by atoms with Gasteiger partial charge >= 0.3 is 0 Å². The Balaban J connectivity index is 2.08. The molecule has 0 unspecified atom stereocenters. The molecule has 0 saturated carbocycles. The number of nitrogens with two attached hydrogens (primary N) is 1. The van der Waals surface area contributed by atoms with Crippen molar-refractivity contribution >= 4 is 5.69 Å². The molecule has 13 heavy (non-hydrogen) atoms. The molecule has 1 aromatic rings. The predicted octanol–water partition coefficient (Wildman–Crippen LogP) is 0.404. The summed E-state index contributed by atoms with van der Waals surface area (Å²) < 4.78 is 0. The molecule has 1 saturated heterocycles. The van der Waals surface area contributed by atoms with Crippen LogP contribution in [-0.2, 0) is 0 Å². The SMILES string of the molecule is N[C@H]1CCCN(c2ccnnc2)C1. The van der Waals surface area contributed by atoms with Gasteiger partial charge in [-0.25, -0.2) is 0 Å². The highest BCUT2D eigenvalue weighted by Gasteiger charge is 2.16. The second-order valence-electron chi connectivity index (χ2n) is 3.45. The maximum atomic E-state index is 5.88. The van der Waals surface area contributed by atoms with Crippen molar-refractivity contribution in [2.75, 3.05) is 18.0 Å². The smallest absolute Gasteiger partial charge is 0.0729 e. The molecular weight excluding hydrogens is 164 g/mol. The van der Waals surface area contributed by atoms with Gasteiger partial charge < -0.3 is 10.6 Å². The van der Waals surface area contributed by atoms with Crippen molar-refractivity contribution < 1.29 is 0 Å². The summed E-state index contributed by atoms with van der Waals surface area (Å²) in [5.74, 6) is 0. The minimum absolute atomic E-state index is 0.307. The first kappa shape index (κ1) is 8.44. The zero-order chi connectivity index (χ0) is 9.10. The normalized spacial score (nSPS) is 23.2. The number of nitrogens with zero attached hydrogens (tertiary/aromatic N) is 3. The van der Waals surface area contributed by atoms with Gasteiger partial charge in [0.2, 0.25) is 0 Å². The molecular formula is C9H14N4. The lowest BCUT2D eigenvalue weighted by atomic mass is 10.1. The van der Waals surface area contributed by atoms with E-state index in [9.17, 15) is 0 Å². The number of piperidine rings is 1. The largest absolute Gasteiger partial charge is 0.369 e. The standard InChI is InChI=1S/C9H14N4/c10-8-2-1-5-13(7-8)9-3-4-11-12-6-9/h3-4,6,8H,1-2,5,7,10H2/t8-/m0/s1. The van der Waals surface area contributed by atoms with Gasteiger partial charge in [0, 0.05) is 19.1 Å². The van der Waals surface area contributed by atoms with Crippen LogP contribution >= 0.6 is 0 Å². The van der Waals surface area contributed by atoms with Gasteiger partial charge in [0.25, 0.3) is 0 Å². The maximum Gasteiger partial charge on any atom is 0.0729 e. The highest BCUT2D eigenvalue weighted by Crippen LogP contribution is 2.16. The highest BCUT2D eigenvalue weighted by molar-refractivity contribution is 5.43. The third kappa shape index (κ3) is 1.95. The molecule has 1 atom stereocenters. The minimum Gasteiger partial charge on any atom is -0.369 e. The van der Waals surface area contributed by atoms with E-state index >= 15 is 0 Å². The second-order valence-corrected chi connectivity index (χ2v) is 3.45. The van der Waals surface area contributed by atoms with Gasteiger partial charge in [-0.05, 0) is 18.9 Å². The van der Waals surface area contributed by atoms with Gasteiger partial charge in [0.1, 0.15) is 0 Å².